The van der Waals surface area contributed by atoms with Crippen LogP contribution in [0.15, 0.2) is 48.5 Å². The van der Waals surface area contributed by atoms with Crippen molar-refractivity contribution in [2.75, 3.05) is 5.32 Å². The third-order valence-electron chi connectivity index (χ3n) is 8.22. The van der Waals surface area contributed by atoms with Gasteiger partial charge >= 0.3 is 23.9 Å². The van der Waals surface area contributed by atoms with Gasteiger partial charge in [0.1, 0.15) is 18.3 Å². The summed E-state index contributed by atoms with van der Waals surface area (Å²) in [6.07, 6.45) is -6.88. The van der Waals surface area contributed by atoms with Gasteiger partial charge in [-0.15, -0.1) is 0 Å². The lowest BCUT2D eigenvalue weighted by molar-refractivity contribution is -0.190. The average Bonchev–Trinajstić information content (AvgIpc) is 3.05. The zero-order valence-electron chi connectivity index (χ0n) is 27.6. The monoisotopic (exact) mass is 670 g/mol. The number of anilines is 1. The molecule has 1 aliphatic heterocycles. The van der Waals surface area contributed by atoms with Crippen LogP contribution in [0.1, 0.15) is 63.9 Å². The van der Waals surface area contributed by atoms with Crippen molar-refractivity contribution < 1.29 is 57.9 Å². The van der Waals surface area contributed by atoms with Crippen LogP contribution in [-0.2, 0) is 49.3 Å². The molecule has 2 aromatic carbocycles. The van der Waals surface area contributed by atoms with Crippen LogP contribution in [-0.4, -0.2) is 83.0 Å². The predicted octanol–water partition coefficient (Wildman–Crippen LogP) is 2.44. The molecule has 48 heavy (non-hydrogen) atoms. The average molecular weight is 671 g/mol. The van der Waals surface area contributed by atoms with Crippen LogP contribution in [0.5, 0.6) is 5.75 Å². The van der Waals surface area contributed by atoms with E-state index in [1.165, 1.54) is 45.9 Å². The number of aliphatic hydroxyl groups excluding tert-OH is 1. The van der Waals surface area contributed by atoms with Crippen molar-refractivity contribution in [3.8, 4) is 5.75 Å². The summed E-state index contributed by atoms with van der Waals surface area (Å²) in [6, 6.07) is 10.9. The van der Waals surface area contributed by atoms with Crippen LogP contribution in [0.4, 0.5) is 5.69 Å². The molecule has 260 valence electrons. The van der Waals surface area contributed by atoms with E-state index in [4.69, 9.17) is 18.9 Å². The van der Waals surface area contributed by atoms with E-state index in [0.717, 1.165) is 0 Å². The molecule has 2 amide bonds. The van der Waals surface area contributed by atoms with E-state index in [0.29, 0.717) is 18.4 Å². The molecule has 0 saturated carbocycles. The Kier molecular flexibility index (Phi) is 12.7. The molecule has 2 aromatic rings. The molecule has 4 N–H and O–H groups in total. The van der Waals surface area contributed by atoms with Crippen LogP contribution in [0, 0.1) is 11.3 Å². The van der Waals surface area contributed by atoms with Gasteiger partial charge < -0.3 is 39.8 Å². The molecule has 1 aliphatic rings. The van der Waals surface area contributed by atoms with Gasteiger partial charge in [0, 0.05) is 12.3 Å². The maximum absolute atomic E-state index is 13.6. The molecule has 7 unspecified atom stereocenters. The fourth-order valence-corrected chi connectivity index (χ4v) is 4.88. The highest BCUT2D eigenvalue weighted by atomic mass is 16.6. The summed E-state index contributed by atoms with van der Waals surface area (Å²) in [4.78, 5) is 78.1. The number of hydrogen-bond donors (Lipinski definition) is 4. The molecule has 0 aromatic heterocycles. The van der Waals surface area contributed by atoms with Crippen molar-refractivity contribution in [3.05, 3.63) is 59.7 Å². The molecule has 0 radical (unpaired) electrons. The standard InChI is InChI=1S/C34H42N2O12/c1-7-18(2)27-32(43)45-19(3)25(36-29(40)22-14-11-15-23(26(22)38)35-17-37)31(42)46-20(4)30(41)47-24(16-21-12-9-8-10-13-21)28(39)34(5,6)33(44)48-27/h8-15,17-20,24-25,27-28,38-39H,7,16H2,1-6H3,(H,35,37)(H,36,40). The minimum atomic E-state index is -1.75. The molecule has 0 bridgehead atoms. The number of carbonyl (C=O) groups is 6. The second kappa shape index (κ2) is 16.2. The second-order valence-electron chi connectivity index (χ2n) is 12.2. The first kappa shape index (κ1) is 37.5. The molecule has 1 heterocycles. The smallest absolute Gasteiger partial charge is 0.348 e. The SMILES string of the molecule is CCC(C)C1OC(=O)C(C)(C)C(O)C(Cc2ccccc2)OC(=O)C(C)OC(=O)C(NC(=O)c2cccc(NC=O)c2O)C(C)OC1=O. The van der Waals surface area contributed by atoms with E-state index < -0.39 is 83.4 Å². The number of phenolic OH excluding ortho intramolecular Hbond substituents is 1. The molecular formula is C34H42N2O12. The summed E-state index contributed by atoms with van der Waals surface area (Å²) >= 11 is 0. The number of esters is 4. The Morgan fingerprint density at radius 2 is 1.60 bits per heavy atom. The number of nitrogens with one attached hydrogen (secondary N) is 2. The number of benzene rings is 2. The van der Waals surface area contributed by atoms with Crippen LogP contribution < -0.4 is 10.6 Å². The predicted molar refractivity (Wildman–Crippen MR) is 169 cm³/mol. The zero-order chi connectivity index (χ0) is 35.8. The summed E-state index contributed by atoms with van der Waals surface area (Å²) in [6.45, 7) is 8.64. The van der Waals surface area contributed by atoms with Crippen LogP contribution in [0.2, 0.25) is 0 Å². The number of ether oxygens (including phenoxy) is 4. The maximum Gasteiger partial charge on any atom is 0.348 e. The number of rotatable bonds is 8. The Labute approximate surface area is 278 Å². The van der Waals surface area contributed by atoms with E-state index in [-0.39, 0.29) is 17.7 Å². The molecule has 0 aliphatic carbocycles. The third kappa shape index (κ3) is 8.88. The van der Waals surface area contributed by atoms with Gasteiger partial charge in [-0.1, -0.05) is 50.2 Å². The Hall–Kier alpha value is -4.98. The van der Waals surface area contributed by atoms with Crippen molar-refractivity contribution in [1.82, 2.24) is 5.32 Å². The van der Waals surface area contributed by atoms with Gasteiger partial charge in [-0.2, -0.15) is 0 Å². The Bertz CT molecular complexity index is 1490. The summed E-state index contributed by atoms with van der Waals surface area (Å²) < 4.78 is 22.2. The maximum atomic E-state index is 13.6. The van der Waals surface area contributed by atoms with E-state index >= 15 is 0 Å². The van der Waals surface area contributed by atoms with E-state index in [1.54, 1.807) is 44.2 Å². The first-order valence-electron chi connectivity index (χ1n) is 15.5. The number of phenols is 1. The first-order valence-corrected chi connectivity index (χ1v) is 15.5. The van der Waals surface area contributed by atoms with Crippen molar-refractivity contribution in [1.29, 1.82) is 0 Å². The molecule has 0 spiro atoms. The highest BCUT2D eigenvalue weighted by Crippen LogP contribution is 2.31. The van der Waals surface area contributed by atoms with Crippen molar-refractivity contribution in [2.45, 2.75) is 90.9 Å². The molecular weight excluding hydrogens is 628 g/mol. The minimum Gasteiger partial charge on any atom is -0.505 e. The fourth-order valence-electron chi connectivity index (χ4n) is 4.88. The lowest BCUT2D eigenvalue weighted by Gasteiger charge is -2.35. The number of aromatic hydroxyl groups is 1. The Balaban J connectivity index is 2.05. The lowest BCUT2D eigenvalue weighted by Crippen LogP contribution is -2.52. The van der Waals surface area contributed by atoms with Gasteiger partial charge in [0.2, 0.25) is 12.5 Å². The van der Waals surface area contributed by atoms with Gasteiger partial charge in [0.05, 0.1) is 16.7 Å². The Morgan fingerprint density at radius 3 is 2.23 bits per heavy atom. The number of hydrogen-bond acceptors (Lipinski definition) is 12. The highest BCUT2D eigenvalue weighted by Gasteiger charge is 2.47. The lowest BCUT2D eigenvalue weighted by atomic mass is 9.81. The topological polar surface area (TPSA) is 204 Å². The van der Waals surface area contributed by atoms with Crippen molar-refractivity contribution >= 4 is 41.9 Å². The number of amides is 2. The van der Waals surface area contributed by atoms with E-state index in [9.17, 15) is 39.0 Å². The van der Waals surface area contributed by atoms with Gasteiger partial charge in [-0.3, -0.25) is 14.4 Å². The van der Waals surface area contributed by atoms with Gasteiger partial charge in [0.15, 0.2) is 17.9 Å². The van der Waals surface area contributed by atoms with Crippen molar-refractivity contribution in [3.63, 3.8) is 0 Å². The summed E-state index contributed by atoms with van der Waals surface area (Å²) in [5, 5.41) is 26.6. The normalized spacial score (nSPS) is 25.9. The minimum absolute atomic E-state index is 0.0286. The number of cyclic esters (lactones) is 4. The highest BCUT2D eigenvalue weighted by molar-refractivity contribution is 6.01. The molecule has 7 atom stereocenters. The molecule has 14 nitrogen and oxygen atoms in total. The van der Waals surface area contributed by atoms with Crippen molar-refractivity contribution in [2.24, 2.45) is 11.3 Å². The second-order valence-corrected chi connectivity index (χ2v) is 12.2. The van der Waals surface area contributed by atoms with E-state index in [1.807, 2.05) is 0 Å². The largest absolute Gasteiger partial charge is 0.505 e. The van der Waals surface area contributed by atoms with Gasteiger partial charge in [0.25, 0.3) is 5.91 Å². The zero-order valence-corrected chi connectivity index (χ0v) is 27.6. The number of carbonyl (C=O) groups excluding carboxylic acids is 6. The van der Waals surface area contributed by atoms with Crippen LogP contribution >= 0.6 is 0 Å². The molecule has 14 heteroatoms. The first-order chi connectivity index (χ1) is 22.6. The van der Waals surface area contributed by atoms with Gasteiger partial charge in [-0.05, 0) is 51.8 Å². The quantitative estimate of drug-likeness (QED) is 0.138. The van der Waals surface area contributed by atoms with E-state index in [2.05, 4.69) is 10.6 Å². The van der Waals surface area contributed by atoms with Crippen LogP contribution in [0.25, 0.3) is 0 Å². The number of para-hydroxylation sites is 1. The van der Waals surface area contributed by atoms with Crippen LogP contribution in [0.3, 0.4) is 0 Å². The molecule has 3 rings (SSSR count). The van der Waals surface area contributed by atoms with Gasteiger partial charge in [-0.25, -0.2) is 14.4 Å². The molecule has 1 fully saturated rings. The fraction of sp³-hybridized carbons (Fsp3) is 0.471. The third-order valence-corrected chi connectivity index (χ3v) is 8.22. The Morgan fingerprint density at radius 1 is 0.938 bits per heavy atom. The number of aliphatic hydroxyl groups is 1. The summed E-state index contributed by atoms with van der Waals surface area (Å²) in [5.41, 5.74) is -1.48. The molecule has 1 saturated heterocycles. The summed E-state index contributed by atoms with van der Waals surface area (Å²) in [5.74, 6) is -6.50. The summed E-state index contributed by atoms with van der Waals surface area (Å²) in [7, 11) is 0.